The Kier molecular flexibility index (Phi) is 4.83. The molecule has 2 atom stereocenters. The Bertz CT molecular complexity index is 385. The molecule has 1 saturated heterocycles. The molecule has 19 heavy (non-hydrogen) atoms. The van der Waals surface area contributed by atoms with Gasteiger partial charge in [0.25, 0.3) is 0 Å². The van der Waals surface area contributed by atoms with Crippen LogP contribution in [0.3, 0.4) is 0 Å². The Morgan fingerprint density at radius 3 is 2.53 bits per heavy atom. The summed E-state index contributed by atoms with van der Waals surface area (Å²) in [6.07, 6.45) is 1.28. The average molecular weight is 261 g/mol. The highest BCUT2D eigenvalue weighted by atomic mass is 15.1. The first-order chi connectivity index (χ1) is 9.10. The molecule has 0 saturated carbocycles. The molecule has 1 aromatic rings. The second-order valence-electron chi connectivity index (χ2n) is 6.06. The van der Waals surface area contributed by atoms with Crippen molar-refractivity contribution in [3.05, 3.63) is 29.8 Å². The molecule has 1 aliphatic rings. The van der Waals surface area contributed by atoms with Gasteiger partial charge in [-0.3, -0.25) is 4.90 Å². The van der Waals surface area contributed by atoms with E-state index in [-0.39, 0.29) is 0 Å². The lowest BCUT2D eigenvalue weighted by Crippen LogP contribution is -2.42. The van der Waals surface area contributed by atoms with Crippen LogP contribution in [0, 0.1) is 11.8 Å². The van der Waals surface area contributed by atoms with Crippen LogP contribution < -0.4 is 10.6 Å². The Labute approximate surface area is 117 Å². The molecule has 3 nitrogen and oxygen atoms in total. The lowest BCUT2D eigenvalue weighted by molar-refractivity contribution is 0.126. The first-order valence-electron chi connectivity index (χ1n) is 7.29. The van der Waals surface area contributed by atoms with E-state index in [0.29, 0.717) is 5.92 Å². The lowest BCUT2D eigenvalue weighted by Gasteiger charge is -2.36. The van der Waals surface area contributed by atoms with E-state index in [2.05, 4.69) is 55.1 Å². The topological polar surface area (TPSA) is 32.5 Å². The molecule has 1 aromatic carbocycles. The highest BCUT2D eigenvalue weighted by Gasteiger charge is 2.24. The van der Waals surface area contributed by atoms with Crippen LogP contribution in [0.4, 0.5) is 5.69 Å². The van der Waals surface area contributed by atoms with Gasteiger partial charge in [0.2, 0.25) is 0 Å². The molecule has 0 aromatic heterocycles. The van der Waals surface area contributed by atoms with Crippen LogP contribution in [-0.4, -0.2) is 38.6 Å². The normalized spacial score (nSPS) is 24.4. The second-order valence-corrected chi connectivity index (χ2v) is 6.06. The first kappa shape index (κ1) is 14.4. The van der Waals surface area contributed by atoms with Gasteiger partial charge in [-0.2, -0.15) is 0 Å². The SMILES string of the molecule is CC1CCN(Cc2ccc(N(C)C)cc2)CC1CN. The summed E-state index contributed by atoms with van der Waals surface area (Å²) in [5, 5.41) is 0. The van der Waals surface area contributed by atoms with E-state index in [9.17, 15) is 0 Å². The molecule has 1 fully saturated rings. The Balaban J connectivity index is 1.94. The third kappa shape index (κ3) is 3.71. The van der Waals surface area contributed by atoms with Gasteiger partial charge in [0.15, 0.2) is 0 Å². The standard InChI is InChI=1S/C16H27N3/c1-13-8-9-19(12-15(13)10-17)11-14-4-6-16(7-5-14)18(2)3/h4-7,13,15H,8-12,17H2,1-3H3. The average Bonchev–Trinajstić information content (AvgIpc) is 2.41. The number of anilines is 1. The highest BCUT2D eigenvalue weighted by Crippen LogP contribution is 2.24. The van der Waals surface area contributed by atoms with Crippen LogP contribution in [0.25, 0.3) is 0 Å². The van der Waals surface area contributed by atoms with Crippen LogP contribution in [0.15, 0.2) is 24.3 Å². The zero-order valence-electron chi connectivity index (χ0n) is 12.5. The zero-order valence-corrected chi connectivity index (χ0v) is 12.5. The van der Waals surface area contributed by atoms with Crippen LogP contribution in [-0.2, 0) is 6.54 Å². The number of likely N-dealkylation sites (tertiary alicyclic amines) is 1. The summed E-state index contributed by atoms with van der Waals surface area (Å²) in [5.41, 5.74) is 8.53. The molecule has 1 aliphatic heterocycles. The van der Waals surface area contributed by atoms with E-state index < -0.39 is 0 Å². The van der Waals surface area contributed by atoms with Gasteiger partial charge in [-0.25, -0.2) is 0 Å². The largest absolute Gasteiger partial charge is 0.378 e. The molecule has 2 unspecified atom stereocenters. The van der Waals surface area contributed by atoms with Gasteiger partial charge < -0.3 is 10.6 Å². The predicted octanol–water partition coefficient (Wildman–Crippen LogP) is 2.17. The van der Waals surface area contributed by atoms with E-state index in [0.717, 1.165) is 25.6 Å². The summed E-state index contributed by atoms with van der Waals surface area (Å²) in [7, 11) is 4.15. The van der Waals surface area contributed by atoms with E-state index in [1.165, 1.54) is 24.2 Å². The number of piperidine rings is 1. The first-order valence-corrected chi connectivity index (χ1v) is 7.29. The third-order valence-corrected chi connectivity index (χ3v) is 4.36. The summed E-state index contributed by atoms with van der Waals surface area (Å²) in [5.74, 6) is 1.44. The summed E-state index contributed by atoms with van der Waals surface area (Å²) >= 11 is 0. The van der Waals surface area contributed by atoms with Crippen LogP contribution in [0.5, 0.6) is 0 Å². The molecule has 1 heterocycles. The predicted molar refractivity (Wildman–Crippen MR) is 82.4 cm³/mol. The van der Waals surface area contributed by atoms with Gasteiger partial charge in [0, 0.05) is 32.9 Å². The van der Waals surface area contributed by atoms with E-state index in [1.807, 2.05) is 0 Å². The third-order valence-electron chi connectivity index (χ3n) is 4.36. The monoisotopic (exact) mass is 261 g/mol. The molecule has 0 amide bonds. The maximum absolute atomic E-state index is 5.87. The number of hydrogen-bond acceptors (Lipinski definition) is 3. The minimum Gasteiger partial charge on any atom is -0.378 e. The van der Waals surface area contributed by atoms with Gasteiger partial charge in [-0.05, 0) is 49.0 Å². The highest BCUT2D eigenvalue weighted by molar-refractivity contribution is 5.45. The molecule has 0 aliphatic carbocycles. The number of hydrogen-bond donors (Lipinski definition) is 1. The number of benzene rings is 1. The second kappa shape index (κ2) is 6.40. The molecular weight excluding hydrogens is 234 g/mol. The molecule has 2 N–H and O–H groups in total. The van der Waals surface area contributed by atoms with Gasteiger partial charge in [-0.1, -0.05) is 19.1 Å². The van der Waals surface area contributed by atoms with Gasteiger partial charge >= 0.3 is 0 Å². The van der Waals surface area contributed by atoms with Gasteiger partial charge in [-0.15, -0.1) is 0 Å². The molecule has 2 rings (SSSR count). The Hall–Kier alpha value is -1.06. The maximum Gasteiger partial charge on any atom is 0.0361 e. The zero-order chi connectivity index (χ0) is 13.8. The minimum atomic E-state index is 0.662. The van der Waals surface area contributed by atoms with Crippen molar-refractivity contribution in [1.29, 1.82) is 0 Å². The minimum absolute atomic E-state index is 0.662. The molecule has 0 radical (unpaired) electrons. The summed E-state index contributed by atoms with van der Waals surface area (Å²) < 4.78 is 0. The van der Waals surface area contributed by atoms with Crippen molar-refractivity contribution in [3.8, 4) is 0 Å². The maximum atomic E-state index is 5.87. The van der Waals surface area contributed by atoms with E-state index >= 15 is 0 Å². The number of nitrogens with zero attached hydrogens (tertiary/aromatic N) is 2. The van der Waals surface area contributed by atoms with Crippen molar-refractivity contribution in [2.24, 2.45) is 17.6 Å². The van der Waals surface area contributed by atoms with Crippen molar-refractivity contribution in [3.63, 3.8) is 0 Å². The summed E-state index contributed by atoms with van der Waals surface area (Å²) in [6, 6.07) is 8.88. The fraction of sp³-hybridized carbons (Fsp3) is 0.625. The lowest BCUT2D eigenvalue weighted by atomic mass is 9.87. The fourth-order valence-electron chi connectivity index (χ4n) is 2.83. The smallest absolute Gasteiger partial charge is 0.0361 e. The van der Waals surface area contributed by atoms with Crippen molar-refractivity contribution in [1.82, 2.24) is 4.90 Å². The van der Waals surface area contributed by atoms with Gasteiger partial charge in [0.05, 0.1) is 0 Å². The molecule has 3 heteroatoms. The van der Waals surface area contributed by atoms with E-state index in [4.69, 9.17) is 5.73 Å². The quantitative estimate of drug-likeness (QED) is 0.901. The van der Waals surface area contributed by atoms with Gasteiger partial charge in [0.1, 0.15) is 0 Å². The molecule has 106 valence electrons. The summed E-state index contributed by atoms with van der Waals surface area (Å²) in [4.78, 5) is 4.68. The van der Waals surface area contributed by atoms with Crippen LogP contribution >= 0.6 is 0 Å². The van der Waals surface area contributed by atoms with E-state index in [1.54, 1.807) is 0 Å². The fourth-order valence-corrected chi connectivity index (χ4v) is 2.83. The molecular formula is C16H27N3. The molecule has 0 bridgehead atoms. The van der Waals surface area contributed by atoms with Crippen molar-refractivity contribution in [2.45, 2.75) is 19.9 Å². The van der Waals surface area contributed by atoms with Crippen LogP contribution in [0.1, 0.15) is 18.9 Å². The van der Waals surface area contributed by atoms with Crippen molar-refractivity contribution in [2.75, 3.05) is 38.6 Å². The molecule has 0 spiro atoms. The van der Waals surface area contributed by atoms with Crippen molar-refractivity contribution < 1.29 is 0 Å². The Morgan fingerprint density at radius 1 is 1.26 bits per heavy atom. The van der Waals surface area contributed by atoms with Crippen molar-refractivity contribution >= 4 is 5.69 Å². The summed E-state index contributed by atoms with van der Waals surface area (Å²) in [6.45, 7) is 6.55. The number of rotatable bonds is 4. The Morgan fingerprint density at radius 2 is 1.95 bits per heavy atom. The van der Waals surface area contributed by atoms with Crippen LogP contribution in [0.2, 0.25) is 0 Å². The number of nitrogens with two attached hydrogens (primary N) is 1.